The Morgan fingerprint density at radius 3 is 2.40 bits per heavy atom. The lowest BCUT2D eigenvalue weighted by Gasteiger charge is -1.99. The van der Waals surface area contributed by atoms with Gasteiger partial charge in [0.2, 0.25) is 0 Å². The molecule has 0 heterocycles. The molecule has 0 saturated carbocycles. The molecule has 2 heteroatoms. The van der Waals surface area contributed by atoms with Crippen molar-refractivity contribution in [3.8, 4) is 0 Å². The molecule has 0 saturated heterocycles. The molecule has 0 aliphatic rings. The van der Waals surface area contributed by atoms with Crippen LogP contribution in [0.3, 0.4) is 0 Å². The van der Waals surface area contributed by atoms with Crippen LogP contribution in [0.2, 0.25) is 0 Å². The first-order valence-electron chi connectivity index (χ1n) is 3.11. The zero-order valence-electron chi connectivity index (χ0n) is 5.43. The van der Waals surface area contributed by atoms with Gasteiger partial charge in [-0.1, -0.05) is 68.9 Å². The van der Waals surface area contributed by atoms with Gasteiger partial charge in [-0.25, -0.2) is 0 Å². The van der Waals surface area contributed by atoms with Crippen molar-refractivity contribution in [3.63, 3.8) is 0 Å². The van der Waals surface area contributed by atoms with Crippen molar-refractivity contribution in [2.45, 2.75) is 9.25 Å². The highest BCUT2D eigenvalue weighted by molar-refractivity contribution is 14.1. The third-order valence-electron chi connectivity index (χ3n) is 1.23. The molecule has 0 amide bonds. The molecule has 0 N–H and O–H groups in total. The highest BCUT2D eigenvalue weighted by atomic mass is 127. The molecule has 1 unspecified atom stereocenters. The summed E-state index contributed by atoms with van der Waals surface area (Å²) in [6.07, 6.45) is 1.10. The first kappa shape index (κ1) is 8.53. The maximum atomic E-state index is 3.50. The molecule has 0 aromatic heterocycles. The van der Waals surface area contributed by atoms with Crippen LogP contribution in [-0.4, -0.2) is 2.83 Å². The minimum atomic E-state index is 0.549. The molecule has 0 spiro atoms. The quantitative estimate of drug-likeness (QED) is 0.580. The lowest BCUT2D eigenvalue weighted by Crippen LogP contribution is -1.90. The van der Waals surface area contributed by atoms with Crippen LogP contribution in [0, 0.1) is 0 Å². The third kappa shape index (κ3) is 3.01. The zero-order valence-corrected chi connectivity index (χ0v) is 9.17. The number of benzene rings is 1. The fraction of sp³-hybridized carbons (Fsp3) is 0.250. The second kappa shape index (κ2) is 4.34. The van der Waals surface area contributed by atoms with Crippen LogP contribution in [0.5, 0.6) is 0 Å². The predicted octanol–water partition coefficient (Wildman–Crippen LogP) is 3.39. The summed E-state index contributed by atoms with van der Waals surface area (Å²) in [5, 5.41) is 0. The van der Waals surface area contributed by atoms with E-state index in [2.05, 4.69) is 62.8 Å². The molecule has 1 rings (SSSR count). The van der Waals surface area contributed by atoms with Crippen molar-refractivity contribution in [2.24, 2.45) is 0 Å². The molecular weight excluding hydrogens is 303 g/mol. The monoisotopic (exact) mass is 310 g/mol. The molecule has 54 valence electrons. The first-order valence-corrected chi connectivity index (χ1v) is 5.27. The van der Waals surface area contributed by atoms with E-state index in [9.17, 15) is 0 Å². The summed E-state index contributed by atoms with van der Waals surface area (Å²) in [6, 6.07) is 10.5. The Morgan fingerprint density at radius 2 is 1.90 bits per heavy atom. The van der Waals surface area contributed by atoms with E-state index in [1.165, 1.54) is 5.56 Å². The van der Waals surface area contributed by atoms with Crippen molar-refractivity contribution in [2.75, 3.05) is 0 Å². The number of alkyl halides is 2. The Balaban J connectivity index is 2.59. The SMILES string of the molecule is BrC(I)Cc1ccccc1. The lowest BCUT2D eigenvalue weighted by molar-refractivity contribution is 1.15. The summed E-state index contributed by atoms with van der Waals surface area (Å²) < 4.78 is 0.549. The maximum Gasteiger partial charge on any atom is 0.0702 e. The van der Waals surface area contributed by atoms with E-state index >= 15 is 0 Å². The number of halogens is 2. The number of rotatable bonds is 2. The van der Waals surface area contributed by atoms with E-state index in [1.807, 2.05) is 6.07 Å². The van der Waals surface area contributed by atoms with Gasteiger partial charge in [0.25, 0.3) is 0 Å². The van der Waals surface area contributed by atoms with Crippen molar-refractivity contribution in [1.29, 1.82) is 0 Å². The molecule has 0 aliphatic heterocycles. The van der Waals surface area contributed by atoms with Crippen molar-refractivity contribution in [3.05, 3.63) is 35.9 Å². The van der Waals surface area contributed by atoms with Crippen molar-refractivity contribution < 1.29 is 0 Å². The van der Waals surface area contributed by atoms with Crippen LogP contribution in [-0.2, 0) is 6.42 Å². The summed E-state index contributed by atoms with van der Waals surface area (Å²) in [5.74, 6) is 0. The van der Waals surface area contributed by atoms with E-state index in [0.29, 0.717) is 2.83 Å². The van der Waals surface area contributed by atoms with Gasteiger partial charge in [-0.05, 0) is 12.0 Å². The summed E-state index contributed by atoms with van der Waals surface area (Å²) in [5.41, 5.74) is 1.39. The van der Waals surface area contributed by atoms with Gasteiger partial charge in [0.05, 0.1) is 2.83 Å². The Morgan fingerprint density at radius 1 is 1.30 bits per heavy atom. The standard InChI is InChI=1S/C8H8BrI/c9-8(10)6-7-4-2-1-3-5-7/h1-5,8H,6H2. The normalized spacial score (nSPS) is 13.0. The van der Waals surface area contributed by atoms with Gasteiger partial charge in [0, 0.05) is 0 Å². The topological polar surface area (TPSA) is 0 Å². The van der Waals surface area contributed by atoms with E-state index in [0.717, 1.165) is 6.42 Å². The van der Waals surface area contributed by atoms with Gasteiger partial charge in [0.1, 0.15) is 0 Å². The predicted molar refractivity (Wildman–Crippen MR) is 56.9 cm³/mol. The van der Waals surface area contributed by atoms with Crippen LogP contribution in [0.25, 0.3) is 0 Å². The summed E-state index contributed by atoms with van der Waals surface area (Å²) in [7, 11) is 0. The molecule has 0 fully saturated rings. The van der Waals surface area contributed by atoms with E-state index in [-0.39, 0.29) is 0 Å². The molecule has 1 aromatic carbocycles. The van der Waals surface area contributed by atoms with E-state index in [1.54, 1.807) is 0 Å². The first-order chi connectivity index (χ1) is 4.79. The second-order valence-corrected chi connectivity index (χ2v) is 6.40. The van der Waals surface area contributed by atoms with E-state index < -0.39 is 0 Å². The van der Waals surface area contributed by atoms with Crippen molar-refractivity contribution >= 4 is 38.5 Å². The zero-order chi connectivity index (χ0) is 7.40. The lowest BCUT2D eigenvalue weighted by atomic mass is 10.2. The Kier molecular flexibility index (Phi) is 3.70. The van der Waals surface area contributed by atoms with Crippen molar-refractivity contribution in [1.82, 2.24) is 0 Å². The molecule has 1 atom stereocenters. The summed E-state index contributed by atoms with van der Waals surface area (Å²) >= 11 is 5.86. The average Bonchev–Trinajstić information content (AvgIpc) is 1.88. The van der Waals surface area contributed by atoms with Crippen LogP contribution in [0.1, 0.15) is 5.56 Å². The fourth-order valence-corrected chi connectivity index (χ4v) is 1.67. The smallest absolute Gasteiger partial charge is 0.0702 e. The van der Waals surface area contributed by atoms with Gasteiger partial charge >= 0.3 is 0 Å². The molecule has 10 heavy (non-hydrogen) atoms. The summed E-state index contributed by atoms with van der Waals surface area (Å²) in [4.78, 5) is 0. The number of hydrogen-bond donors (Lipinski definition) is 0. The Labute approximate surface area is 83.3 Å². The van der Waals surface area contributed by atoms with Crippen LogP contribution < -0.4 is 0 Å². The minimum absolute atomic E-state index is 0.549. The van der Waals surface area contributed by atoms with Crippen LogP contribution in [0.15, 0.2) is 30.3 Å². The Hall–Kier alpha value is 0.430. The van der Waals surface area contributed by atoms with Gasteiger partial charge in [-0.3, -0.25) is 0 Å². The molecule has 0 bridgehead atoms. The molecule has 0 nitrogen and oxygen atoms in total. The molecular formula is C8H8BrI. The maximum absolute atomic E-state index is 3.50. The highest BCUT2D eigenvalue weighted by Crippen LogP contribution is 2.15. The van der Waals surface area contributed by atoms with Crippen LogP contribution >= 0.6 is 38.5 Å². The van der Waals surface area contributed by atoms with Gasteiger partial charge in [0.15, 0.2) is 0 Å². The summed E-state index contributed by atoms with van der Waals surface area (Å²) in [6.45, 7) is 0. The van der Waals surface area contributed by atoms with Crippen LogP contribution in [0.4, 0.5) is 0 Å². The molecule has 0 radical (unpaired) electrons. The largest absolute Gasteiger partial charge is 0.0771 e. The molecule has 0 aliphatic carbocycles. The Bertz CT molecular complexity index is 184. The second-order valence-electron chi connectivity index (χ2n) is 2.08. The highest BCUT2D eigenvalue weighted by Gasteiger charge is 1.97. The van der Waals surface area contributed by atoms with Gasteiger partial charge in [-0.2, -0.15) is 0 Å². The third-order valence-corrected chi connectivity index (χ3v) is 2.00. The van der Waals surface area contributed by atoms with Gasteiger partial charge < -0.3 is 0 Å². The van der Waals surface area contributed by atoms with E-state index in [4.69, 9.17) is 0 Å². The molecule has 1 aromatic rings. The number of hydrogen-bond acceptors (Lipinski definition) is 0. The van der Waals surface area contributed by atoms with Gasteiger partial charge in [-0.15, -0.1) is 0 Å². The average molecular weight is 311 g/mol. The minimum Gasteiger partial charge on any atom is -0.0771 e. The fourth-order valence-electron chi connectivity index (χ4n) is 0.792.